The lowest BCUT2D eigenvalue weighted by molar-refractivity contribution is 0.460. The van der Waals surface area contributed by atoms with Crippen molar-refractivity contribution in [3.8, 4) is 79.9 Å². The Balaban J connectivity index is 0.900. The summed E-state index contributed by atoms with van der Waals surface area (Å²) < 4.78 is 44.7. The topological polar surface area (TPSA) is 91.2 Å². The van der Waals surface area contributed by atoms with Crippen molar-refractivity contribution in [2.24, 2.45) is 0 Å². The Hall–Kier alpha value is -13.5. The van der Waals surface area contributed by atoms with Crippen LogP contribution in [0.5, 0.6) is 46.0 Å². The van der Waals surface area contributed by atoms with Gasteiger partial charge in [0.2, 0.25) is 11.6 Å². The Bertz CT molecular complexity index is 6640. The molecule has 10 heterocycles. The first-order valence-electron chi connectivity index (χ1n) is 34.0. The Morgan fingerprint density at radius 2 is 0.600 bits per heavy atom. The van der Waals surface area contributed by atoms with Gasteiger partial charge in [-0.25, -0.2) is 9.97 Å². The minimum absolute atomic E-state index is 0.297. The maximum Gasteiger partial charge on any atom is 0.260 e. The van der Waals surface area contributed by atoms with E-state index in [-0.39, 0.29) is 13.4 Å². The number of fused-ring (bicyclic) bond motifs is 26. The molecular weight excluding hydrogens is 1230 g/mol. The van der Waals surface area contributed by atoms with Gasteiger partial charge in [-0.15, -0.1) is 0 Å². The molecule has 4 aliphatic heterocycles. The highest BCUT2D eigenvalue weighted by Crippen LogP contribution is 2.54. The van der Waals surface area contributed by atoms with Crippen molar-refractivity contribution >= 4 is 146 Å². The van der Waals surface area contributed by atoms with E-state index in [1.54, 1.807) is 0 Å². The minimum Gasteiger partial charge on any atom is -0.458 e. The fraction of sp³-hybridized carbons (Fsp3) is 0. The highest BCUT2D eigenvalue weighted by molar-refractivity contribution is 6.99. The lowest BCUT2D eigenvalue weighted by atomic mass is 9.34. The summed E-state index contributed by atoms with van der Waals surface area (Å²) in [5, 5.41) is 4.52. The molecule has 20 aromatic rings. The Morgan fingerprint density at radius 3 is 1.01 bits per heavy atom. The van der Waals surface area contributed by atoms with Crippen LogP contribution in [0.4, 0.5) is 0 Å². The van der Waals surface area contributed by atoms with Gasteiger partial charge < -0.3 is 28.1 Å². The predicted molar refractivity (Wildman–Crippen MR) is 402 cm³/mol. The molecule has 6 aromatic heterocycles. The van der Waals surface area contributed by atoms with Crippen LogP contribution in [0.2, 0.25) is 0 Å². The van der Waals surface area contributed by atoms with Gasteiger partial charge in [0.25, 0.3) is 13.4 Å². The third kappa shape index (κ3) is 6.71. The lowest BCUT2D eigenvalue weighted by Gasteiger charge is -2.37. The summed E-state index contributed by atoms with van der Waals surface area (Å²) >= 11 is 0. The molecule has 100 heavy (non-hydrogen) atoms. The molecule has 0 fully saturated rings. The molecule has 0 spiro atoms. The molecule has 0 bridgehead atoms. The second-order valence-corrected chi connectivity index (χ2v) is 26.6. The van der Waals surface area contributed by atoms with E-state index in [4.69, 9.17) is 28.9 Å². The van der Waals surface area contributed by atoms with Crippen LogP contribution in [-0.4, -0.2) is 50.5 Å². The van der Waals surface area contributed by atoms with Crippen LogP contribution in [0.25, 0.3) is 133 Å². The standard InChI is InChI=1S/C86H48B2N8O4/c1-3-23-49(24-4-1)91-59-33-13-7-27-51(59)53-43-45-65-79(81(53)91)89-85-93(65)61-35-15-17-37-63(61)95(85)67-47-73-77-83(99-71-41-21-11-31-57(71)87(77)55-29-9-19-39-69(55)97-73)75(67)76-68(48-74-78-84(76)100-72-42-22-12-32-58(72)88(78)56-30-10-20-40-70(56)98-74)96-64-38-18-16-36-62(64)94-66-46-44-54-52-28-8-14-34-60(52)92(50-25-5-2-6-26-50)82(54)80(66)90-86(94)96/h1-48H. The summed E-state index contributed by atoms with van der Waals surface area (Å²) in [7, 11) is 0. The highest BCUT2D eigenvalue weighted by Gasteiger charge is 2.47. The number of rotatable bonds is 5. The number of ether oxygens (including phenoxy) is 4. The second-order valence-electron chi connectivity index (χ2n) is 26.6. The minimum atomic E-state index is -0.297. The van der Waals surface area contributed by atoms with Crippen LogP contribution >= 0.6 is 0 Å². The average molecular weight is 1280 g/mol. The Kier molecular flexibility index (Phi) is 10.1. The van der Waals surface area contributed by atoms with Gasteiger partial charge in [0, 0.05) is 56.0 Å². The van der Waals surface area contributed by atoms with Crippen molar-refractivity contribution in [3.05, 3.63) is 291 Å². The molecule has 4 aliphatic rings. The number of aromatic nitrogens is 8. The van der Waals surface area contributed by atoms with Crippen LogP contribution < -0.4 is 51.7 Å². The van der Waals surface area contributed by atoms with Gasteiger partial charge in [-0.05, 0) is 131 Å². The summed E-state index contributed by atoms with van der Waals surface area (Å²) in [6.07, 6.45) is 0. The number of para-hydroxylation sites is 12. The predicted octanol–water partition coefficient (Wildman–Crippen LogP) is 16.5. The van der Waals surface area contributed by atoms with Crippen molar-refractivity contribution in [2.45, 2.75) is 0 Å². The van der Waals surface area contributed by atoms with Gasteiger partial charge in [0.15, 0.2) is 0 Å². The lowest BCUT2D eigenvalue weighted by Crippen LogP contribution is -2.58. The Morgan fingerprint density at radius 1 is 0.260 bits per heavy atom. The van der Waals surface area contributed by atoms with E-state index >= 15 is 0 Å². The Labute approximate surface area is 569 Å². The number of imidazole rings is 4. The van der Waals surface area contributed by atoms with E-state index in [1.807, 2.05) is 0 Å². The van der Waals surface area contributed by atoms with E-state index in [2.05, 4.69) is 318 Å². The van der Waals surface area contributed by atoms with Gasteiger partial charge in [0.05, 0.1) is 77.7 Å². The third-order valence-electron chi connectivity index (χ3n) is 21.7. The first-order valence-corrected chi connectivity index (χ1v) is 34.0. The number of hydrogen-bond acceptors (Lipinski definition) is 6. The zero-order valence-electron chi connectivity index (χ0n) is 53.1. The molecule has 12 nitrogen and oxygen atoms in total. The molecule has 0 N–H and O–H groups in total. The molecule has 14 aromatic carbocycles. The van der Waals surface area contributed by atoms with Gasteiger partial charge in [-0.3, -0.25) is 17.9 Å². The van der Waals surface area contributed by atoms with Crippen molar-refractivity contribution in [1.29, 1.82) is 0 Å². The quantitative estimate of drug-likeness (QED) is 0.159. The third-order valence-corrected chi connectivity index (χ3v) is 21.7. The van der Waals surface area contributed by atoms with Crippen molar-refractivity contribution in [1.82, 2.24) is 37.0 Å². The van der Waals surface area contributed by atoms with Gasteiger partial charge in [0.1, 0.15) is 57.0 Å². The van der Waals surface area contributed by atoms with Crippen LogP contribution in [-0.2, 0) is 0 Å². The normalized spacial score (nSPS) is 13.3. The molecule has 0 saturated heterocycles. The fourth-order valence-electron chi connectivity index (χ4n) is 17.7. The molecule has 24 rings (SSSR count). The van der Waals surface area contributed by atoms with E-state index in [0.29, 0.717) is 34.6 Å². The smallest absolute Gasteiger partial charge is 0.260 e. The first-order chi connectivity index (χ1) is 49.7. The van der Waals surface area contributed by atoms with Crippen molar-refractivity contribution in [3.63, 3.8) is 0 Å². The maximum atomic E-state index is 7.90. The van der Waals surface area contributed by atoms with E-state index in [0.717, 1.165) is 177 Å². The second kappa shape index (κ2) is 19.2. The molecular formula is C86H48B2N8O4. The molecule has 14 heteroatoms. The summed E-state index contributed by atoms with van der Waals surface area (Å²) in [6, 6.07) is 103. The van der Waals surface area contributed by atoms with Gasteiger partial charge >= 0.3 is 0 Å². The monoisotopic (exact) mass is 1280 g/mol. The number of benzene rings is 14. The molecule has 0 aliphatic carbocycles. The molecule has 0 amide bonds. The molecule has 462 valence electrons. The molecule has 0 unspecified atom stereocenters. The number of hydrogen-bond donors (Lipinski definition) is 0. The van der Waals surface area contributed by atoms with Crippen LogP contribution in [0.15, 0.2) is 291 Å². The summed E-state index contributed by atoms with van der Waals surface area (Å²) in [6.45, 7) is -0.595. The largest absolute Gasteiger partial charge is 0.458 e. The zero-order valence-corrected chi connectivity index (χ0v) is 53.1. The molecule has 0 radical (unpaired) electrons. The van der Waals surface area contributed by atoms with Crippen LogP contribution in [0.1, 0.15) is 0 Å². The van der Waals surface area contributed by atoms with Gasteiger partial charge in [-0.2, -0.15) is 0 Å². The van der Waals surface area contributed by atoms with Gasteiger partial charge in [-0.1, -0.05) is 170 Å². The first kappa shape index (κ1) is 52.8. The van der Waals surface area contributed by atoms with Crippen LogP contribution in [0, 0.1) is 0 Å². The van der Waals surface area contributed by atoms with E-state index < -0.39 is 0 Å². The van der Waals surface area contributed by atoms with Crippen LogP contribution in [0.3, 0.4) is 0 Å². The van der Waals surface area contributed by atoms with Crippen molar-refractivity contribution < 1.29 is 18.9 Å². The molecule has 0 atom stereocenters. The summed E-state index contributed by atoms with van der Waals surface area (Å²) in [5.74, 6) is 7.06. The highest BCUT2D eigenvalue weighted by atomic mass is 16.5. The number of nitrogens with zero attached hydrogens (tertiary/aromatic N) is 8. The summed E-state index contributed by atoms with van der Waals surface area (Å²) in [4.78, 5) is 12.1. The van der Waals surface area contributed by atoms with E-state index in [9.17, 15) is 0 Å². The summed E-state index contributed by atoms with van der Waals surface area (Å²) in [5.41, 5.74) is 22.8. The average Bonchev–Trinajstić information content (AvgIpc) is 1.22. The fourth-order valence-corrected chi connectivity index (χ4v) is 17.7. The van der Waals surface area contributed by atoms with E-state index in [1.165, 1.54) is 0 Å². The SMILES string of the molecule is c1ccc(-n2c3ccccc3c3ccc4c(nc5n(-c6cc7c8c(c6-c6c(-n9c%10ccccc%10n%10c%11ccc%12c%13ccccc%13n(-c%13ccccc%13)c%12c%11nc9%10)cc9c%10c6Oc6ccccc6B%10c6ccccc6O9)Oc6ccccc6B8c6ccccc6O7)c6ccccc6n45)c32)cc1. The zero-order chi connectivity index (χ0) is 64.7. The van der Waals surface area contributed by atoms with Crippen molar-refractivity contribution in [2.75, 3.05) is 0 Å². The maximum absolute atomic E-state index is 7.90. The molecule has 0 saturated carbocycles.